The first-order valence-corrected chi connectivity index (χ1v) is 13.8. The standard InChI is InChI=1S/C32H30N2O4S/c1-3-4-7-22-10-12-23(13-11-22)31-32(25-17-24-8-5-6-9-27(24)33-18-25)39-29(34-31)19-37-26-14-15-28(21(2)16-26)38-20-30(35)36/h5-6,8-18H,3-4,7,19-20H2,1-2H3,(H,35,36). The third kappa shape index (κ3) is 6.44. The van der Waals surface area contributed by atoms with E-state index in [0.717, 1.165) is 49.6 Å². The van der Waals surface area contributed by atoms with Crippen LogP contribution in [0.4, 0.5) is 0 Å². The van der Waals surface area contributed by atoms with Crippen molar-refractivity contribution in [3.8, 4) is 33.2 Å². The van der Waals surface area contributed by atoms with Crippen LogP contribution in [0, 0.1) is 6.92 Å². The predicted octanol–water partition coefficient (Wildman–Crippen LogP) is 7.72. The van der Waals surface area contributed by atoms with Crippen molar-refractivity contribution in [2.24, 2.45) is 0 Å². The Labute approximate surface area is 231 Å². The maximum atomic E-state index is 10.8. The van der Waals surface area contributed by atoms with Crippen LogP contribution >= 0.6 is 11.3 Å². The van der Waals surface area contributed by atoms with Crippen LogP contribution in [0.15, 0.2) is 79.0 Å². The summed E-state index contributed by atoms with van der Waals surface area (Å²) in [5, 5.41) is 10.8. The molecule has 1 N–H and O–H groups in total. The average molecular weight is 539 g/mol. The zero-order valence-electron chi connectivity index (χ0n) is 22.0. The molecule has 0 saturated carbocycles. The second kappa shape index (κ2) is 12.1. The number of carbonyl (C=O) groups is 1. The highest BCUT2D eigenvalue weighted by molar-refractivity contribution is 7.15. The molecular weight excluding hydrogens is 508 g/mol. The summed E-state index contributed by atoms with van der Waals surface area (Å²) < 4.78 is 11.4. The molecular formula is C32H30N2O4S. The maximum Gasteiger partial charge on any atom is 0.341 e. The molecule has 0 radical (unpaired) electrons. The first-order valence-electron chi connectivity index (χ1n) is 13.0. The Morgan fingerprint density at radius 3 is 2.56 bits per heavy atom. The first kappa shape index (κ1) is 26.4. The van der Waals surface area contributed by atoms with Gasteiger partial charge in [-0.25, -0.2) is 9.78 Å². The molecule has 0 aliphatic rings. The number of aromatic nitrogens is 2. The van der Waals surface area contributed by atoms with Gasteiger partial charge < -0.3 is 14.6 Å². The van der Waals surface area contributed by atoms with E-state index in [1.54, 1.807) is 23.5 Å². The fourth-order valence-electron chi connectivity index (χ4n) is 4.38. The molecule has 2 aromatic heterocycles. The van der Waals surface area contributed by atoms with Gasteiger partial charge in [-0.3, -0.25) is 4.98 Å². The van der Waals surface area contributed by atoms with E-state index in [0.29, 0.717) is 18.1 Å². The Bertz CT molecular complexity index is 1590. The van der Waals surface area contributed by atoms with Crippen LogP contribution in [0.25, 0.3) is 32.6 Å². The molecule has 5 aromatic rings. The number of nitrogens with zero attached hydrogens (tertiary/aromatic N) is 2. The van der Waals surface area contributed by atoms with E-state index in [-0.39, 0.29) is 6.61 Å². The maximum absolute atomic E-state index is 10.8. The Kier molecular flexibility index (Phi) is 8.18. The lowest BCUT2D eigenvalue weighted by Gasteiger charge is -2.09. The predicted molar refractivity (Wildman–Crippen MR) is 156 cm³/mol. The molecule has 0 aliphatic heterocycles. The Hall–Kier alpha value is -4.23. The van der Waals surface area contributed by atoms with Crippen molar-refractivity contribution in [2.75, 3.05) is 6.61 Å². The van der Waals surface area contributed by atoms with Crippen molar-refractivity contribution >= 4 is 28.2 Å². The van der Waals surface area contributed by atoms with Gasteiger partial charge in [0.25, 0.3) is 0 Å². The first-order chi connectivity index (χ1) is 19.0. The zero-order chi connectivity index (χ0) is 27.2. The van der Waals surface area contributed by atoms with Crippen molar-refractivity contribution in [1.82, 2.24) is 9.97 Å². The fraction of sp³-hybridized carbons (Fsp3) is 0.219. The Balaban J connectivity index is 1.43. The quantitative estimate of drug-likeness (QED) is 0.185. The Morgan fingerprint density at radius 1 is 0.974 bits per heavy atom. The molecule has 5 rings (SSSR count). The number of rotatable bonds is 11. The van der Waals surface area contributed by atoms with E-state index in [1.165, 1.54) is 18.4 Å². The van der Waals surface area contributed by atoms with Crippen LogP contribution in [-0.2, 0) is 17.8 Å². The normalized spacial score (nSPS) is 11.0. The lowest BCUT2D eigenvalue weighted by Crippen LogP contribution is -2.10. The number of hydrogen-bond acceptors (Lipinski definition) is 6. The molecule has 3 aromatic carbocycles. The minimum absolute atomic E-state index is 0.308. The topological polar surface area (TPSA) is 81.5 Å². The number of ether oxygens (including phenoxy) is 2. The van der Waals surface area contributed by atoms with Gasteiger partial charge in [0.05, 0.1) is 16.1 Å². The monoisotopic (exact) mass is 538 g/mol. The highest BCUT2D eigenvalue weighted by Gasteiger charge is 2.17. The van der Waals surface area contributed by atoms with Gasteiger partial charge >= 0.3 is 5.97 Å². The lowest BCUT2D eigenvalue weighted by molar-refractivity contribution is -0.139. The van der Waals surface area contributed by atoms with Crippen LogP contribution in [0.1, 0.15) is 35.9 Å². The minimum atomic E-state index is -1.01. The number of pyridine rings is 1. The summed E-state index contributed by atoms with van der Waals surface area (Å²) in [6, 6.07) is 24.3. The lowest BCUT2D eigenvalue weighted by atomic mass is 10.0. The average Bonchev–Trinajstić information content (AvgIpc) is 3.39. The molecule has 7 heteroatoms. The molecule has 6 nitrogen and oxygen atoms in total. The highest BCUT2D eigenvalue weighted by Crippen LogP contribution is 2.38. The van der Waals surface area contributed by atoms with E-state index < -0.39 is 5.97 Å². The molecule has 0 saturated heterocycles. The summed E-state index contributed by atoms with van der Waals surface area (Å²) in [5.41, 5.74) is 6.11. The molecule has 198 valence electrons. The molecule has 0 spiro atoms. The molecule has 39 heavy (non-hydrogen) atoms. The van der Waals surface area contributed by atoms with Crippen molar-refractivity contribution < 1.29 is 19.4 Å². The Morgan fingerprint density at radius 2 is 1.79 bits per heavy atom. The SMILES string of the molecule is CCCCc1ccc(-c2nc(COc3ccc(OCC(=O)O)c(C)c3)sc2-c2cnc3ccccc3c2)cc1. The van der Waals surface area contributed by atoms with E-state index in [9.17, 15) is 4.79 Å². The fourth-order valence-corrected chi connectivity index (χ4v) is 5.36. The summed E-state index contributed by atoms with van der Waals surface area (Å²) >= 11 is 1.61. The highest BCUT2D eigenvalue weighted by atomic mass is 32.1. The van der Waals surface area contributed by atoms with E-state index in [4.69, 9.17) is 19.6 Å². The van der Waals surface area contributed by atoms with Gasteiger partial charge in [-0.1, -0.05) is 55.8 Å². The second-order valence-corrected chi connectivity index (χ2v) is 10.5. The van der Waals surface area contributed by atoms with Crippen LogP contribution in [0.2, 0.25) is 0 Å². The van der Waals surface area contributed by atoms with Gasteiger partial charge in [0.2, 0.25) is 0 Å². The van der Waals surface area contributed by atoms with Crippen LogP contribution in [-0.4, -0.2) is 27.7 Å². The van der Waals surface area contributed by atoms with Gasteiger partial charge in [-0.15, -0.1) is 11.3 Å². The van der Waals surface area contributed by atoms with Gasteiger partial charge in [0, 0.05) is 22.7 Å². The van der Waals surface area contributed by atoms with Crippen LogP contribution in [0.5, 0.6) is 11.5 Å². The van der Waals surface area contributed by atoms with Crippen molar-refractivity contribution in [1.29, 1.82) is 0 Å². The molecule has 0 atom stereocenters. The summed E-state index contributed by atoms with van der Waals surface area (Å²) in [5.74, 6) is 0.179. The molecule has 0 aliphatic carbocycles. The van der Waals surface area contributed by atoms with Gasteiger partial charge in [0.1, 0.15) is 23.1 Å². The van der Waals surface area contributed by atoms with Gasteiger partial charge in [-0.2, -0.15) is 0 Å². The molecule has 0 amide bonds. The molecule has 0 fully saturated rings. The summed E-state index contributed by atoms with van der Waals surface area (Å²) in [6.45, 7) is 4.00. The summed E-state index contributed by atoms with van der Waals surface area (Å²) in [4.78, 5) is 21.6. The van der Waals surface area contributed by atoms with E-state index >= 15 is 0 Å². The third-order valence-corrected chi connectivity index (χ3v) is 7.51. The van der Waals surface area contributed by atoms with Crippen molar-refractivity contribution in [2.45, 2.75) is 39.7 Å². The number of fused-ring (bicyclic) bond motifs is 1. The smallest absolute Gasteiger partial charge is 0.341 e. The van der Waals surface area contributed by atoms with E-state index in [1.807, 2.05) is 37.4 Å². The number of aryl methyl sites for hydroxylation is 2. The minimum Gasteiger partial charge on any atom is -0.486 e. The van der Waals surface area contributed by atoms with Gasteiger partial charge in [-0.05, 0) is 61.2 Å². The number of thiazole rings is 1. The molecule has 0 bridgehead atoms. The third-order valence-electron chi connectivity index (χ3n) is 6.43. The van der Waals surface area contributed by atoms with E-state index in [2.05, 4.69) is 48.3 Å². The van der Waals surface area contributed by atoms with Crippen LogP contribution in [0.3, 0.4) is 0 Å². The van der Waals surface area contributed by atoms with Crippen molar-refractivity contribution in [3.05, 3.63) is 95.1 Å². The summed E-state index contributed by atoms with van der Waals surface area (Å²) in [7, 11) is 0. The van der Waals surface area contributed by atoms with Crippen LogP contribution < -0.4 is 9.47 Å². The van der Waals surface area contributed by atoms with Gasteiger partial charge in [0.15, 0.2) is 6.61 Å². The largest absolute Gasteiger partial charge is 0.486 e. The summed E-state index contributed by atoms with van der Waals surface area (Å²) in [6.07, 6.45) is 5.35. The number of unbranched alkanes of at least 4 members (excludes halogenated alkanes) is 1. The zero-order valence-corrected chi connectivity index (χ0v) is 22.8. The number of aliphatic carboxylic acids is 1. The second-order valence-electron chi connectivity index (χ2n) is 9.40. The number of hydrogen-bond donors (Lipinski definition) is 1. The molecule has 0 unspecified atom stereocenters. The number of benzene rings is 3. The number of carboxylic acid groups (broad SMARTS) is 1. The number of carboxylic acids is 1. The molecule has 2 heterocycles. The number of para-hydroxylation sites is 1. The van der Waals surface area contributed by atoms with Crippen molar-refractivity contribution in [3.63, 3.8) is 0 Å².